The second-order valence-electron chi connectivity index (χ2n) is 9.11. The summed E-state index contributed by atoms with van der Waals surface area (Å²) in [5.41, 5.74) is 1.09. The Morgan fingerprint density at radius 2 is 1.89 bits per heavy atom. The summed E-state index contributed by atoms with van der Waals surface area (Å²) in [5, 5.41) is 0.160. The van der Waals surface area contributed by atoms with E-state index in [1.165, 1.54) is 0 Å². The first-order valence-electron chi connectivity index (χ1n) is 9.69. The quantitative estimate of drug-likeness (QED) is 0.401. The van der Waals surface area contributed by atoms with Crippen molar-refractivity contribution in [1.82, 2.24) is 0 Å². The highest BCUT2D eigenvalue weighted by Crippen LogP contribution is 2.41. The minimum absolute atomic E-state index is 0.0577. The number of esters is 1. The maximum absolute atomic E-state index is 11.9. The smallest absolute Gasteiger partial charge is 0.306 e. The summed E-state index contributed by atoms with van der Waals surface area (Å²) in [6.45, 7) is 11.4. The molecule has 3 rings (SSSR count). The van der Waals surface area contributed by atoms with Gasteiger partial charge in [0.05, 0.1) is 19.1 Å². The van der Waals surface area contributed by atoms with Crippen LogP contribution < -0.4 is 4.43 Å². The zero-order chi connectivity index (χ0) is 19.8. The number of carbonyl (C=O) groups is 2. The summed E-state index contributed by atoms with van der Waals surface area (Å²) >= 11 is 0. The summed E-state index contributed by atoms with van der Waals surface area (Å²) in [6.07, 6.45) is 1.30. The Kier molecular flexibility index (Phi) is 5.50. The molecule has 1 aromatic rings. The molecule has 3 atom stereocenters. The van der Waals surface area contributed by atoms with Gasteiger partial charge in [0.15, 0.2) is 5.78 Å². The van der Waals surface area contributed by atoms with Crippen LogP contribution in [-0.2, 0) is 25.5 Å². The maximum atomic E-state index is 11.9. The predicted octanol–water partition coefficient (Wildman–Crippen LogP) is 3.90. The number of ether oxygens (including phenoxy) is 2. The van der Waals surface area contributed by atoms with Gasteiger partial charge in [-0.3, -0.25) is 9.59 Å². The molecular weight excluding hydrogens is 360 g/mol. The average molecular weight is 391 g/mol. The number of ketones is 1. The third kappa shape index (κ3) is 4.79. The van der Waals surface area contributed by atoms with E-state index in [0.29, 0.717) is 19.4 Å². The first-order valence-corrected chi connectivity index (χ1v) is 12.6. The molecule has 1 aliphatic carbocycles. The lowest BCUT2D eigenvalue weighted by molar-refractivity contribution is -0.146. The third-order valence-electron chi connectivity index (χ3n) is 5.95. The van der Waals surface area contributed by atoms with Gasteiger partial charge in [-0.05, 0) is 42.2 Å². The van der Waals surface area contributed by atoms with Gasteiger partial charge in [-0.25, -0.2) is 0 Å². The average Bonchev–Trinajstić information content (AvgIpc) is 3.27. The van der Waals surface area contributed by atoms with Gasteiger partial charge in [-0.1, -0.05) is 32.9 Å². The number of hydrogen-bond acceptors (Lipinski definition) is 5. The van der Waals surface area contributed by atoms with Crippen molar-refractivity contribution in [2.45, 2.75) is 70.4 Å². The first kappa shape index (κ1) is 20.1. The number of rotatable bonds is 7. The molecule has 0 radical (unpaired) electrons. The lowest BCUT2D eigenvalue weighted by Crippen LogP contribution is -2.43. The Bertz CT molecular complexity index is 704. The zero-order valence-electron chi connectivity index (χ0n) is 16.9. The van der Waals surface area contributed by atoms with Crippen molar-refractivity contribution in [3.8, 4) is 5.75 Å². The van der Waals surface area contributed by atoms with Crippen molar-refractivity contribution in [3.05, 3.63) is 29.8 Å². The van der Waals surface area contributed by atoms with Crippen LogP contribution in [0.1, 0.15) is 39.2 Å². The minimum atomic E-state index is -1.83. The van der Waals surface area contributed by atoms with E-state index >= 15 is 0 Å². The molecule has 1 saturated carbocycles. The Morgan fingerprint density at radius 1 is 1.22 bits per heavy atom. The van der Waals surface area contributed by atoms with Crippen molar-refractivity contribution in [1.29, 1.82) is 0 Å². The van der Waals surface area contributed by atoms with E-state index in [1.54, 1.807) is 0 Å². The maximum Gasteiger partial charge on any atom is 0.306 e. The van der Waals surface area contributed by atoms with E-state index in [9.17, 15) is 9.59 Å². The van der Waals surface area contributed by atoms with Gasteiger partial charge in [-0.15, -0.1) is 0 Å². The largest absolute Gasteiger partial charge is 0.544 e. The molecule has 0 N–H and O–H groups in total. The lowest BCUT2D eigenvalue weighted by atomic mass is 10.0. The highest BCUT2D eigenvalue weighted by atomic mass is 28.4. The molecular formula is C21H30O5Si. The second kappa shape index (κ2) is 7.39. The summed E-state index contributed by atoms with van der Waals surface area (Å²) in [7, 11) is -1.83. The molecule has 0 aromatic heterocycles. The zero-order valence-corrected chi connectivity index (χ0v) is 17.9. The van der Waals surface area contributed by atoms with Gasteiger partial charge in [0.1, 0.15) is 11.9 Å². The van der Waals surface area contributed by atoms with Crippen LogP contribution in [0.4, 0.5) is 0 Å². The van der Waals surface area contributed by atoms with E-state index < -0.39 is 8.32 Å². The van der Waals surface area contributed by atoms with E-state index in [2.05, 4.69) is 33.9 Å². The van der Waals surface area contributed by atoms with Crippen molar-refractivity contribution in [2.75, 3.05) is 6.61 Å². The van der Waals surface area contributed by atoms with Crippen LogP contribution in [0.5, 0.6) is 5.75 Å². The minimum Gasteiger partial charge on any atom is -0.544 e. The molecule has 27 heavy (non-hydrogen) atoms. The molecule has 1 heterocycles. The number of epoxide rings is 1. The fourth-order valence-corrected chi connectivity index (χ4v) is 4.13. The molecule has 2 aliphatic rings. The van der Waals surface area contributed by atoms with Gasteiger partial charge in [0.25, 0.3) is 0 Å². The van der Waals surface area contributed by atoms with Gasteiger partial charge >= 0.3 is 5.97 Å². The fraction of sp³-hybridized carbons (Fsp3) is 0.619. The summed E-state index contributed by atoms with van der Waals surface area (Å²) < 4.78 is 16.7. The Balaban J connectivity index is 1.41. The number of Topliss-reactive ketones (excluding diaryl/α,β-unsaturated/α-hetero) is 1. The molecule has 0 amide bonds. The van der Waals surface area contributed by atoms with E-state index in [0.717, 1.165) is 11.3 Å². The first-order chi connectivity index (χ1) is 12.6. The van der Waals surface area contributed by atoms with Crippen LogP contribution in [0.25, 0.3) is 0 Å². The van der Waals surface area contributed by atoms with Crippen LogP contribution >= 0.6 is 0 Å². The lowest BCUT2D eigenvalue weighted by Gasteiger charge is -2.36. The third-order valence-corrected chi connectivity index (χ3v) is 10.3. The molecule has 0 spiro atoms. The molecule has 6 heteroatoms. The van der Waals surface area contributed by atoms with E-state index in [4.69, 9.17) is 13.9 Å². The van der Waals surface area contributed by atoms with Gasteiger partial charge in [-0.2, -0.15) is 0 Å². The van der Waals surface area contributed by atoms with Crippen LogP contribution in [0.15, 0.2) is 24.3 Å². The van der Waals surface area contributed by atoms with E-state index in [1.807, 2.05) is 24.3 Å². The van der Waals surface area contributed by atoms with Crippen LogP contribution in [-0.4, -0.2) is 38.9 Å². The van der Waals surface area contributed by atoms with Gasteiger partial charge in [0, 0.05) is 12.3 Å². The molecule has 0 unspecified atom stereocenters. The van der Waals surface area contributed by atoms with Gasteiger partial charge in [0.2, 0.25) is 8.32 Å². The number of fused-ring (bicyclic) bond motifs is 1. The summed E-state index contributed by atoms with van der Waals surface area (Å²) in [6, 6.07) is 8.01. The topological polar surface area (TPSA) is 65.1 Å². The number of benzene rings is 1. The van der Waals surface area contributed by atoms with Gasteiger partial charge < -0.3 is 13.9 Å². The molecule has 148 valence electrons. The molecule has 1 saturated heterocycles. The Morgan fingerprint density at radius 3 is 2.44 bits per heavy atom. The van der Waals surface area contributed by atoms with Crippen LogP contribution in [0.3, 0.4) is 0 Å². The highest BCUT2D eigenvalue weighted by Gasteiger charge is 2.55. The van der Waals surface area contributed by atoms with Crippen LogP contribution in [0.2, 0.25) is 18.1 Å². The molecule has 1 aliphatic heterocycles. The normalized spacial score (nSPS) is 24.5. The molecule has 0 bridgehead atoms. The highest BCUT2D eigenvalue weighted by molar-refractivity contribution is 6.74. The monoisotopic (exact) mass is 390 g/mol. The fourth-order valence-electron chi connectivity index (χ4n) is 3.10. The van der Waals surface area contributed by atoms with Crippen molar-refractivity contribution in [2.24, 2.45) is 5.92 Å². The van der Waals surface area contributed by atoms with Crippen molar-refractivity contribution in [3.63, 3.8) is 0 Å². The molecule has 5 nitrogen and oxygen atoms in total. The molecule has 2 fully saturated rings. The Labute approximate surface area is 162 Å². The SMILES string of the molecule is CC(C)(C)[Si](C)(C)Oc1ccc(CCOC(=O)C[C@@H]2C[C@H]3O[C@H]3C2=O)cc1. The second-order valence-corrected chi connectivity index (χ2v) is 13.8. The number of carbonyl (C=O) groups excluding carboxylic acids is 2. The molecule has 1 aromatic carbocycles. The summed E-state index contributed by atoms with van der Waals surface area (Å²) in [5.74, 6) is 0.442. The predicted molar refractivity (Wildman–Crippen MR) is 105 cm³/mol. The van der Waals surface area contributed by atoms with Crippen molar-refractivity contribution < 1.29 is 23.5 Å². The summed E-state index contributed by atoms with van der Waals surface area (Å²) in [4.78, 5) is 23.8. The number of hydrogen-bond donors (Lipinski definition) is 0. The van der Waals surface area contributed by atoms with Crippen LogP contribution in [0, 0.1) is 5.92 Å². The standard InChI is InChI=1S/C21H30O5Si/c1-21(2,3)27(4,5)26-16-8-6-14(7-9-16)10-11-24-18(22)13-15-12-17-20(25-17)19(15)23/h6-9,15,17,20H,10-13H2,1-5H3/t15-,17+,20+/m0/s1. The van der Waals surface area contributed by atoms with E-state index in [-0.39, 0.29) is 41.3 Å². The van der Waals surface area contributed by atoms with Crippen molar-refractivity contribution >= 4 is 20.1 Å². The Hall–Kier alpha value is -1.66.